The third-order valence-electron chi connectivity index (χ3n) is 2.41. The van der Waals surface area contributed by atoms with E-state index >= 15 is 0 Å². The third-order valence-corrected chi connectivity index (χ3v) is 2.41. The second-order valence-corrected chi connectivity index (χ2v) is 3.64. The Balaban J connectivity index is 2.29. The van der Waals surface area contributed by atoms with E-state index in [0.29, 0.717) is 12.1 Å². The molecule has 0 unspecified atom stereocenters. The van der Waals surface area contributed by atoms with Crippen LogP contribution in [0.25, 0.3) is 11.8 Å². The molecule has 0 aliphatic heterocycles. The predicted molar refractivity (Wildman–Crippen MR) is 66.6 cm³/mol. The fourth-order valence-electron chi connectivity index (χ4n) is 1.48. The van der Waals surface area contributed by atoms with E-state index in [-0.39, 0.29) is 5.70 Å². The zero-order valence-corrected chi connectivity index (χ0v) is 9.85. The van der Waals surface area contributed by atoms with Crippen molar-refractivity contribution in [1.82, 2.24) is 15.0 Å². The Kier molecular flexibility index (Phi) is 3.47. The van der Waals surface area contributed by atoms with Crippen molar-refractivity contribution in [2.75, 3.05) is 0 Å². The van der Waals surface area contributed by atoms with Crippen molar-refractivity contribution in [3.63, 3.8) is 0 Å². The molecule has 92 valence electrons. The van der Waals surface area contributed by atoms with Crippen molar-refractivity contribution in [3.05, 3.63) is 58.0 Å². The standard InChI is InChI=1S/C12H12N4O2/c1-2-11(16(17)18)8-10-9-13-15(14-10)12-6-4-3-5-7-12/h3-9H,2H2,1H3. The highest BCUT2D eigenvalue weighted by molar-refractivity contribution is 5.45. The second kappa shape index (κ2) is 5.22. The first-order valence-electron chi connectivity index (χ1n) is 5.53. The normalized spacial score (nSPS) is 11.5. The predicted octanol–water partition coefficient (Wildman–Crippen LogP) is 2.29. The molecule has 0 aliphatic rings. The van der Waals surface area contributed by atoms with Crippen LogP contribution in [0, 0.1) is 10.1 Å². The molecule has 1 aromatic carbocycles. The fourth-order valence-corrected chi connectivity index (χ4v) is 1.48. The van der Waals surface area contributed by atoms with Gasteiger partial charge in [0.2, 0.25) is 5.70 Å². The van der Waals surface area contributed by atoms with Gasteiger partial charge < -0.3 is 0 Å². The first-order valence-corrected chi connectivity index (χ1v) is 5.53. The highest BCUT2D eigenvalue weighted by Gasteiger charge is 2.09. The Morgan fingerprint density at radius 2 is 2.17 bits per heavy atom. The Morgan fingerprint density at radius 1 is 1.44 bits per heavy atom. The summed E-state index contributed by atoms with van der Waals surface area (Å²) in [5.74, 6) is 0. The summed E-state index contributed by atoms with van der Waals surface area (Å²) in [6.45, 7) is 1.73. The Hall–Kier alpha value is -2.50. The molecule has 0 aliphatic carbocycles. The van der Waals surface area contributed by atoms with Crippen LogP contribution in [0.15, 0.2) is 42.2 Å². The van der Waals surface area contributed by atoms with E-state index in [1.54, 1.807) is 6.92 Å². The van der Waals surface area contributed by atoms with Gasteiger partial charge in [0.1, 0.15) is 5.69 Å². The van der Waals surface area contributed by atoms with Crippen LogP contribution < -0.4 is 0 Å². The monoisotopic (exact) mass is 244 g/mol. The van der Waals surface area contributed by atoms with Crippen molar-refractivity contribution < 1.29 is 4.92 Å². The molecular formula is C12H12N4O2. The van der Waals surface area contributed by atoms with Gasteiger partial charge >= 0.3 is 0 Å². The molecule has 0 saturated heterocycles. The molecule has 0 radical (unpaired) electrons. The Bertz CT molecular complexity index is 575. The van der Waals surface area contributed by atoms with Crippen LogP contribution in [-0.2, 0) is 0 Å². The SMILES string of the molecule is CCC(=Cc1cnn(-c2ccccc2)n1)[N+](=O)[O-]. The highest BCUT2D eigenvalue weighted by atomic mass is 16.6. The van der Waals surface area contributed by atoms with Gasteiger partial charge in [-0.3, -0.25) is 10.1 Å². The van der Waals surface area contributed by atoms with Gasteiger partial charge in [0.15, 0.2) is 0 Å². The van der Waals surface area contributed by atoms with E-state index in [9.17, 15) is 10.1 Å². The van der Waals surface area contributed by atoms with Gasteiger partial charge in [0.05, 0.1) is 16.8 Å². The molecule has 2 rings (SSSR count). The maximum Gasteiger partial charge on any atom is 0.248 e. The molecule has 1 heterocycles. The first kappa shape index (κ1) is 12.0. The number of benzene rings is 1. The number of aromatic nitrogens is 3. The lowest BCUT2D eigenvalue weighted by Crippen LogP contribution is -1.99. The molecule has 0 N–H and O–H groups in total. The average Bonchev–Trinajstić information content (AvgIpc) is 2.85. The van der Waals surface area contributed by atoms with Crippen molar-refractivity contribution in [3.8, 4) is 5.69 Å². The first-order chi connectivity index (χ1) is 8.70. The summed E-state index contributed by atoms with van der Waals surface area (Å²) in [6, 6.07) is 9.38. The summed E-state index contributed by atoms with van der Waals surface area (Å²) in [5, 5.41) is 18.9. The summed E-state index contributed by atoms with van der Waals surface area (Å²) in [6.07, 6.45) is 3.30. The lowest BCUT2D eigenvalue weighted by atomic mass is 10.3. The third kappa shape index (κ3) is 2.60. The van der Waals surface area contributed by atoms with Crippen LogP contribution in [0.2, 0.25) is 0 Å². The Labute approximate surface area is 104 Å². The topological polar surface area (TPSA) is 73.8 Å². The molecule has 0 bridgehead atoms. The number of nitro groups is 1. The Morgan fingerprint density at radius 3 is 2.78 bits per heavy atom. The molecule has 0 amide bonds. The summed E-state index contributed by atoms with van der Waals surface area (Å²) in [4.78, 5) is 11.7. The number of allylic oxidation sites excluding steroid dienone is 1. The maximum atomic E-state index is 10.7. The van der Waals surface area contributed by atoms with Crippen LogP contribution in [-0.4, -0.2) is 19.9 Å². The van der Waals surface area contributed by atoms with Crippen LogP contribution >= 0.6 is 0 Å². The minimum absolute atomic E-state index is 0.120. The van der Waals surface area contributed by atoms with Crippen LogP contribution in [0.5, 0.6) is 0 Å². The quantitative estimate of drug-likeness (QED) is 0.611. The lowest BCUT2D eigenvalue weighted by Gasteiger charge is -1.96. The molecule has 0 atom stereocenters. The summed E-state index contributed by atoms with van der Waals surface area (Å²) < 4.78 is 0. The summed E-state index contributed by atoms with van der Waals surface area (Å²) in [7, 11) is 0. The highest BCUT2D eigenvalue weighted by Crippen LogP contribution is 2.09. The molecule has 0 spiro atoms. The maximum absolute atomic E-state index is 10.7. The molecule has 0 fully saturated rings. The molecule has 2 aromatic rings. The molecule has 18 heavy (non-hydrogen) atoms. The lowest BCUT2D eigenvalue weighted by molar-refractivity contribution is -0.425. The van der Waals surface area contributed by atoms with Crippen molar-refractivity contribution in [1.29, 1.82) is 0 Å². The van der Waals surface area contributed by atoms with E-state index in [0.717, 1.165) is 5.69 Å². The van der Waals surface area contributed by atoms with E-state index in [1.165, 1.54) is 17.1 Å². The van der Waals surface area contributed by atoms with Gasteiger partial charge in [0, 0.05) is 12.5 Å². The van der Waals surface area contributed by atoms with Crippen LogP contribution in [0.1, 0.15) is 19.0 Å². The molecule has 6 heteroatoms. The number of hydrogen-bond donors (Lipinski definition) is 0. The van der Waals surface area contributed by atoms with Crippen molar-refractivity contribution >= 4 is 6.08 Å². The van der Waals surface area contributed by atoms with Gasteiger partial charge in [0.25, 0.3) is 0 Å². The van der Waals surface area contributed by atoms with Gasteiger partial charge in [-0.1, -0.05) is 25.1 Å². The molecule has 6 nitrogen and oxygen atoms in total. The average molecular weight is 244 g/mol. The number of hydrogen-bond acceptors (Lipinski definition) is 4. The minimum atomic E-state index is -0.401. The van der Waals surface area contributed by atoms with E-state index < -0.39 is 4.92 Å². The van der Waals surface area contributed by atoms with Gasteiger partial charge in [-0.25, -0.2) is 0 Å². The largest absolute Gasteiger partial charge is 0.259 e. The zero-order valence-electron chi connectivity index (χ0n) is 9.85. The van der Waals surface area contributed by atoms with Gasteiger partial charge in [-0.15, -0.1) is 5.10 Å². The molecular weight excluding hydrogens is 232 g/mol. The zero-order chi connectivity index (χ0) is 13.0. The minimum Gasteiger partial charge on any atom is -0.259 e. The van der Waals surface area contributed by atoms with Crippen molar-refractivity contribution in [2.45, 2.75) is 13.3 Å². The van der Waals surface area contributed by atoms with Crippen LogP contribution in [0.4, 0.5) is 0 Å². The van der Waals surface area contributed by atoms with E-state index in [1.807, 2.05) is 30.3 Å². The fraction of sp³-hybridized carbons (Fsp3) is 0.167. The van der Waals surface area contributed by atoms with Gasteiger partial charge in [-0.2, -0.15) is 9.90 Å². The van der Waals surface area contributed by atoms with E-state index in [2.05, 4.69) is 10.2 Å². The molecule has 0 saturated carbocycles. The summed E-state index contributed by atoms with van der Waals surface area (Å²) >= 11 is 0. The second-order valence-electron chi connectivity index (χ2n) is 3.64. The smallest absolute Gasteiger partial charge is 0.248 e. The van der Waals surface area contributed by atoms with Crippen molar-refractivity contribution in [2.24, 2.45) is 0 Å². The number of para-hydroxylation sites is 1. The number of rotatable bonds is 4. The molecule has 1 aromatic heterocycles. The number of nitrogens with zero attached hydrogens (tertiary/aromatic N) is 4. The summed E-state index contributed by atoms with van der Waals surface area (Å²) in [5.41, 5.74) is 1.42. The van der Waals surface area contributed by atoms with E-state index in [4.69, 9.17) is 0 Å². The van der Waals surface area contributed by atoms with Gasteiger partial charge in [-0.05, 0) is 12.1 Å². The van der Waals surface area contributed by atoms with Crippen LogP contribution in [0.3, 0.4) is 0 Å².